The number of rotatable bonds is 6. The van der Waals surface area contributed by atoms with Crippen molar-refractivity contribution in [3.05, 3.63) is 15.3 Å². The second kappa shape index (κ2) is 7.13. The quantitative estimate of drug-likeness (QED) is 0.814. The first kappa shape index (κ1) is 15.5. The summed E-state index contributed by atoms with van der Waals surface area (Å²) in [6.07, 6.45) is 1.41. The monoisotopic (exact) mass is 286 g/mol. The van der Waals surface area contributed by atoms with Crippen LogP contribution in [0.3, 0.4) is 0 Å². The molecule has 0 atom stereocenters. The SMILES string of the molecule is CCCOC(=O)c1sc(C(=O)OCCC)c(O)c1C. The van der Waals surface area contributed by atoms with Crippen LogP contribution in [0, 0.1) is 6.92 Å². The van der Waals surface area contributed by atoms with Crippen molar-refractivity contribution in [2.45, 2.75) is 33.6 Å². The van der Waals surface area contributed by atoms with Crippen LogP contribution < -0.4 is 0 Å². The van der Waals surface area contributed by atoms with E-state index in [1.807, 2.05) is 13.8 Å². The van der Waals surface area contributed by atoms with E-state index in [0.29, 0.717) is 25.0 Å². The molecule has 0 aliphatic rings. The van der Waals surface area contributed by atoms with E-state index in [2.05, 4.69) is 0 Å². The lowest BCUT2D eigenvalue weighted by Crippen LogP contribution is -2.05. The van der Waals surface area contributed by atoms with Crippen molar-refractivity contribution in [2.24, 2.45) is 0 Å². The predicted octanol–water partition coefficient (Wildman–Crippen LogP) is 2.90. The van der Waals surface area contributed by atoms with Gasteiger partial charge in [0, 0.05) is 5.56 Å². The molecule has 0 aliphatic heterocycles. The van der Waals surface area contributed by atoms with Gasteiger partial charge in [-0.05, 0) is 19.8 Å². The van der Waals surface area contributed by atoms with Crippen LogP contribution in [-0.2, 0) is 9.47 Å². The minimum atomic E-state index is -0.609. The molecule has 6 heteroatoms. The van der Waals surface area contributed by atoms with E-state index >= 15 is 0 Å². The van der Waals surface area contributed by atoms with E-state index in [9.17, 15) is 14.7 Å². The second-order valence-corrected chi connectivity index (χ2v) is 5.03. The third-order valence-corrected chi connectivity index (χ3v) is 3.60. The standard InChI is InChI=1S/C13H18O5S/c1-4-6-17-12(15)10-8(3)9(14)11(19-10)13(16)18-7-5-2/h14H,4-7H2,1-3H3. The van der Waals surface area contributed by atoms with Gasteiger partial charge in [0.2, 0.25) is 0 Å². The van der Waals surface area contributed by atoms with Gasteiger partial charge in [-0.25, -0.2) is 9.59 Å². The van der Waals surface area contributed by atoms with Gasteiger partial charge in [0.25, 0.3) is 0 Å². The largest absolute Gasteiger partial charge is 0.506 e. The van der Waals surface area contributed by atoms with Crippen LogP contribution in [-0.4, -0.2) is 30.3 Å². The number of carbonyl (C=O) groups is 2. The summed E-state index contributed by atoms with van der Waals surface area (Å²) >= 11 is 0.904. The van der Waals surface area contributed by atoms with E-state index in [1.54, 1.807) is 6.92 Å². The fraction of sp³-hybridized carbons (Fsp3) is 0.538. The van der Waals surface area contributed by atoms with Gasteiger partial charge in [0.15, 0.2) is 4.88 Å². The number of esters is 2. The number of carbonyl (C=O) groups excluding carboxylic acids is 2. The molecular weight excluding hydrogens is 268 g/mol. The van der Waals surface area contributed by atoms with Crippen molar-refractivity contribution >= 4 is 23.3 Å². The summed E-state index contributed by atoms with van der Waals surface area (Å²) in [7, 11) is 0. The van der Waals surface area contributed by atoms with Crippen LogP contribution in [0.25, 0.3) is 0 Å². The van der Waals surface area contributed by atoms with Crippen LogP contribution >= 0.6 is 11.3 Å². The Kier molecular flexibility index (Phi) is 5.82. The van der Waals surface area contributed by atoms with Gasteiger partial charge in [0.05, 0.1) is 13.2 Å². The second-order valence-electron chi connectivity index (χ2n) is 4.01. The first-order chi connectivity index (χ1) is 9.02. The maximum atomic E-state index is 11.8. The molecule has 0 saturated heterocycles. The lowest BCUT2D eigenvalue weighted by molar-refractivity contribution is 0.0500. The minimum Gasteiger partial charge on any atom is -0.506 e. The third kappa shape index (κ3) is 3.70. The molecule has 0 aromatic carbocycles. The van der Waals surface area contributed by atoms with Crippen LogP contribution in [0.1, 0.15) is 51.6 Å². The zero-order valence-corrected chi connectivity index (χ0v) is 12.1. The lowest BCUT2D eigenvalue weighted by Gasteiger charge is -2.00. The Morgan fingerprint density at radius 2 is 1.53 bits per heavy atom. The first-order valence-electron chi connectivity index (χ1n) is 6.19. The summed E-state index contributed by atoms with van der Waals surface area (Å²) in [5, 5.41) is 9.86. The molecule has 1 N–H and O–H groups in total. The molecule has 106 valence electrons. The summed E-state index contributed by atoms with van der Waals surface area (Å²) in [5.74, 6) is -1.33. The van der Waals surface area contributed by atoms with Crippen LogP contribution in [0.2, 0.25) is 0 Å². The Hall–Kier alpha value is -1.56. The van der Waals surface area contributed by atoms with Crippen molar-refractivity contribution in [2.75, 3.05) is 13.2 Å². The normalized spacial score (nSPS) is 10.3. The Balaban J connectivity index is 2.92. The van der Waals surface area contributed by atoms with Crippen molar-refractivity contribution in [3.8, 4) is 5.75 Å². The molecule has 5 nitrogen and oxygen atoms in total. The summed E-state index contributed by atoms with van der Waals surface area (Å²) < 4.78 is 9.94. The summed E-state index contributed by atoms with van der Waals surface area (Å²) in [5.41, 5.74) is 0.356. The third-order valence-electron chi connectivity index (χ3n) is 2.36. The van der Waals surface area contributed by atoms with Crippen molar-refractivity contribution in [3.63, 3.8) is 0 Å². The van der Waals surface area contributed by atoms with Gasteiger partial charge in [-0.3, -0.25) is 0 Å². The Bertz CT molecular complexity index is 423. The van der Waals surface area contributed by atoms with Crippen LogP contribution in [0.15, 0.2) is 0 Å². The number of hydrogen-bond acceptors (Lipinski definition) is 6. The lowest BCUT2D eigenvalue weighted by atomic mass is 10.2. The molecule has 1 aromatic rings. The Labute approximate surface area is 116 Å². The topological polar surface area (TPSA) is 72.8 Å². The van der Waals surface area contributed by atoms with Crippen LogP contribution in [0.5, 0.6) is 5.75 Å². The molecule has 1 aromatic heterocycles. The smallest absolute Gasteiger partial charge is 0.352 e. The Morgan fingerprint density at radius 3 is 2.00 bits per heavy atom. The molecule has 0 bridgehead atoms. The molecular formula is C13H18O5S. The maximum absolute atomic E-state index is 11.8. The van der Waals surface area contributed by atoms with Gasteiger partial charge in [-0.2, -0.15) is 0 Å². The van der Waals surface area contributed by atoms with Crippen LogP contribution in [0.4, 0.5) is 0 Å². The predicted molar refractivity (Wildman–Crippen MR) is 71.9 cm³/mol. The zero-order valence-electron chi connectivity index (χ0n) is 11.3. The van der Waals surface area contributed by atoms with Crippen molar-refractivity contribution in [1.82, 2.24) is 0 Å². The molecule has 0 unspecified atom stereocenters. The molecule has 0 aliphatic carbocycles. The average molecular weight is 286 g/mol. The minimum absolute atomic E-state index is 0.0504. The number of thiophene rings is 1. The van der Waals surface area contributed by atoms with E-state index in [4.69, 9.17) is 9.47 Å². The zero-order chi connectivity index (χ0) is 14.4. The van der Waals surface area contributed by atoms with Gasteiger partial charge in [0.1, 0.15) is 10.6 Å². The average Bonchev–Trinajstić information content (AvgIpc) is 2.70. The number of hydrogen-bond donors (Lipinski definition) is 1. The summed E-state index contributed by atoms with van der Waals surface area (Å²) in [4.78, 5) is 23.7. The van der Waals surface area contributed by atoms with Gasteiger partial charge >= 0.3 is 11.9 Å². The van der Waals surface area contributed by atoms with E-state index < -0.39 is 11.9 Å². The van der Waals surface area contributed by atoms with Gasteiger partial charge in [-0.15, -0.1) is 11.3 Å². The fourth-order valence-electron chi connectivity index (χ4n) is 1.36. The van der Waals surface area contributed by atoms with Crippen molar-refractivity contribution < 1.29 is 24.2 Å². The molecule has 0 spiro atoms. The first-order valence-corrected chi connectivity index (χ1v) is 7.01. The highest BCUT2D eigenvalue weighted by molar-refractivity contribution is 7.16. The summed E-state index contributed by atoms with van der Waals surface area (Å²) in [6, 6.07) is 0. The molecule has 0 radical (unpaired) electrons. The van der Waals surface area contributed by atoms with E-state index in [0.717, 1.165) is 11.3 Å². The number of ether oxygens (including phenoxy) is 2. The molecule has 19 heavy (non-hydrogen) atoms. The Morgan fingerprint density at radius 1 is 1.05 bits per heavy atom. The van der Waals surface area contributed by atoms with Gasteiger partial charge < -0.3 is 14.6 Å². The molecule has 1 heterocycles. The van der Waals surface area contributed by atoms with E-state index in [-0.39, 0.29) is 22.1 Å². The maximum Gasteiger partial charge on any atom is 0.352 e. The molecule has 0 fully saturated rings. The van der Waals surface area contributed by atoms with Crippen molar-refractivity contribution in [1.29, 1.82) is 0 Å². The highest BCUT2D eigenvalue weighted by Crippen LogP contribution is 2.34. The molecule has 0 amide bonds. The highest BCUT2D eigenvalue weighted by Gasteiger charge is 2.25. The molecule has 1 rings (SSSR count). The summed E-state index contributed by atoms with van der Waals surface area (Å²) in [6.45, 7) is 5.93. The fourth-order valence-corrected chi connectivity index (χ4v) is 2.35. The number of aromatic hydroxyl groups is 1. The highest BCUT2D eigenvalue weighted by atomic mass is 32.1. The van der Waals surface area contributed by atoms with E-state index in [1.165, 1.54) is 0 Å². The van der Waals surface area contributed by atoms with Gasteiger partial charge in [-0.1, -0.05) is 13.8 Å². The molecule has 0 saturated carbocycles.